The molecule has 0 spiro atoms. The van der Waals surface area contributed by atoms with Gasteiger partial charge in [0.15, 0.2) is 0 Å². The molecule has 0 aliphatic carbocycles. The van der Waals surface area contributed by atoms with Gasteiger partial charge in [0.25, 0.3) is 0 Å². The molecule has 0 aliphatic heterocycles. The number of hydrogen-bond acceptors (Lipinski definition) is 5. The monoisotopic (exact) mass is 276 g/mol. The molecule has 1 atom stereocenters. The maximum atomic E-state index is 5.92. The molecule has 0 radical (unpaired) electrons. The van der Waals surface area contributed by atoms with Crippen LogP contribution >= 0.6 is 11.3 Å². The average molecular weight is 276 g/mol. The predicted octanol–water partition coefficient (Wildman–Crippen LogP) is 2.80. The second-order valence-electron chi connectivity index (χ2n) is 4.85. The number of aromatic nitrogens is 2. The highest BCUT2D eigenvalue weighted by atomic mass is 32.1. The number of nitrogens with zero attached hydrogens (tertiary/aromatic N) is 3. The minimum atomic E-state index is 0.367. The van der Waals surface area contributed by atoms with Crippen molar-refractivity contribution in [3.05, 3.63) is 33.8 Å². The molecule has 2 heterocycles. The highest BCUT2D eigenvalue weighted by Gasteiger charge is 2.16. The Balaban J connectivity index is 2.21. The van der Waals surface area contributed by atoms with E-state index >= 15 is 0 Å². The fraction of sp³-hybridized carbons (Fsp3) is 0.429. The van der Waals surface area contributed by atoms with Crippen LogP contribution in [0.4, 0.5) is 11.6 Å². The first-order valence-corrected chi connectivity index (χ1v) is 7.23. The lowest BCUT2D eigenvalue weighted by Gasteiger charge is -2.27. The number of hydrogen-bond donors (Lipinski definition) is 1. The summed E-state index contributed by atoms with van der Waals surface area (Å²) in [6.45, 7) is 6.04. The first kappa shape index (κ1) is 13.8. The number of nitrogens with two attached hydrogens (primary N) is 1. The van der Waals surface area contributed by atoms with Crippen molar-refractivity contribution >= 4 is 23.0 Å². The third-order valence-corrected chi connectivity index (χ3v) is 4.24. The summed E-state index contributed by atoms with van der Waals surface area (Å²) >= 11 is 1.79. The van der Waals surface area contributed by atoms with E-state index in [1.165, 1.54) is 4.88 Å². The van der Waals surface area contributed by atoms with Gasteiger partial charge in [0.1, 0.15) is 17.5 Å². The van der Waals surface area contributed by atoms with Gasteiger partial charge in [-0.3, -0.25) is 0 Å². The minimum Gasteiger partial charge on any atom is -0.383 e. The zero-order chi connectivity index (χ0) is 14.0. The van der Waals surface area contributed by atoms with Crippen LogP contribution in [-0.2, 0) is 6.42 Å². The topological polar surface area (TPSA) is 55.0 Å². The van der Waals surface area contributed by atoms with Crippen LogP contribution in [0, 0.1) is 13.8 Å². The van der Waals surface area contributed by atoms with Crippen molar-refractivity contribution < 1.29 is 0 Å². The van der Waals surface area contributed by atoms with E-state index in [2.05, 4.69) is 46.4 Å². The molecule has 2 aromatic heterocycles. The molecule has 0 amide bonds. The standard InChI is InChI=1S/C14H20N4S/c1-9(8-12-6-5-7-19-12)18(4)14-10(2)13(15)16-11(3)17-14/h5-7,9H,8H2,1-4H3,(H2,15,16,17). The number of likely N-dealkylation sites (N-methyl/N-ethyl adjacent to an activating group) is 1. The molecule has 19 heavy (non-hydrogen) atoms. The molecule has 0 aliphatic rings. The normalized spacial score (nSPS) is 12.4. The highest BCUT2D eigenvalue weighted by molar-refractivity contribution is 7.09. The summed E-state index contributed by atoms with van der Waals surface area (Å²) in [4.78, 5) is 12.3. The lowest BCUT2D eigenvalue weighted by atomic mass is 10.1. The van der Waals surface area contributed by atoms with Crippen molar-refractivity contribution in [2.45, 2.75) is 33.2 Å². The Morgan fingerprint density at radius 2 is 2.11 bits per heavy atom. The number of nitrogen functional groups attached to an aromatic ring is 1. The van der Waals surface area contributed by atoms with Crippen LogP contribution in [0.1, 0.15) is 23.2 Å². The van der Waals surface area contributed by atoms with Gasteiger partial charge in [-0.1, -0.05) is 6.07 Å². The molecular weight excluding hydrogens is 256 g/mol. The van der Waals surface area contributed by atoms with Crippen molar-refractivity contribution in [1.29, 1.82) is 0 Å². The molecule has 5 heteroatoms. The van der Waals surface area contributed by atoms with Gasteiger partial charge in [0.2, 0.25) is 0 Å². The van der Waals surface area contributed by atoms with Gasteiger partial charge in [-0.2, -0.15) is 0 Å². The molecule has 2 aromatic rings. The summed E-state index contributed by atoms with van der Waals surface area (Å²) in [5, 5.41) is 2.11. The summed E-state index contributed by atoms with van der Waals surface area (Å²) in [6, 6.07) is 4.62. The van der Waals surface area contributed by atoms with Crippen LogP contribution in [0.15, 0.2) is 17.5 Å². The van der Waals surface area contributed by atoms with E-state index in [9.17, 15) is 0 Å². The van der Waals surface area contributed by atoms with Gasteiger partial charge in [-0.25, -0.2) is 9.97 Å². The smallest absolute Gasteiger partial charge is 0.137 e. The van der Waals surface area contributed by atoms with Crippen LogP contribution in [0.5, 0.6) is 0 Å². The fourth-order valence-corrected chi connectivity index (χ4v) is 2.87. The maximum Gasteiger partial charge on any atom is 0.137 e. The third kappa shape index (κ3) is 3.04. The summed E-state index contributed by atoms with van der Waals surface area (Å²) in [6.07, 6.45) is 1.01. The zero-order valence-corrected chi connectivity index (χ0v) is 12.7. The van der Waals surface area contributed by atoms with Gasteiger partial charge in [0, 0.05) is 30.0 Å². The molecule has 4 nitrogen and oxygen atoms in total. The molecule has 0 fully saturated rings. The summed E-state index contributed by atoms with van der Waals surface area (Å²) in [5.41, 5.74) is 6.87. The zero-order valence-electron chi connectivity index (χ0n) is 11.8. The van der Waals surface area contributed by atoms with Crippen molar-refractivity contribution in [2.75, 3.05) is 17.7 Å². The van der Waals surface area contributed by atoms with E-state index in [-0.39, 0.29) is 0 Å². The van der Waals surface area contributed by atoms with E-state index < -0.39 is 0 Å². The predicted molar refractivity (Wildman–Crippen MR) is 81.8 cm³/mol. The largest absolute Gasteiger partial charge is 0.383 e. The van der Waals surface area contributed by atoms with Crippen LogP contribution < -0.4 is 10.6 Å². The minimum absolute atomic E-state index is 0.367. The van der Waals surface area contributed by atoms with E-state index in [1.807, 2.05) is 13.8 Å². The number of aryl methyl sites for hydroxylation is 1. The van der Waals surface area contributed by atoms with Crippen LogP contribution in [0.25, 0.3) is 0 Å². The molecule has 1 unspecified atom stereocenters. The van der Waals surface area contributed by atoms with Gasteiger partial charge in [0.05, 0.1) is 0 Å². The Morgan fingerprint density at radius 1 is 1.37 bits per heavy atom. The Hall–Kier alpha value is -1.62. The van der Waals surface area contributed by atoms with Gasteiger partial charge in [-0.05, 0) is 32.2 Å². The van der Waals surface area contributed by atoms with Gasteiger partial charge < -0.3 is 10.6 Å². The highest BCUT2D eigenvalue weighted by Crippen LogP contribution is 2.23. The first-order valence-electron chi connectivity index (χ1n) is 6.35. The number of rotatable bonds is 4. The van der Waals surface area contributed by atoms with E-state index in [0.29, 0.717) is 17.7 Å². The molecule has 2 rings (SSSR count). The fourth-order valence-electron chi connectivity index (χ4n) is 2.04. The van der Waals surface area contributed by atoms with Crippen molar-refractivity contribution in [2.24, 2.45) is 0 Å². The summed E-state index contributed by atoms with van der Waals surface area (Å²) < 4.78 is 0. The molecule has 0 saturated heterocycles. The summed E-state index contributed by atoms with van der Waals surface area (Å²) in [7, 11) is 2.06. The molecule has 102 valence electrons. The SMILES string of the molecule is Cc1nc(N)c(C)c(N(C)C(C)Cc2cccs2)n1. The quantitative estimate of drug-likeness (QED) is 0.933. The molecule has 0 bridgehead atoms. The molecule has 2 N–H and O–H groups in total. The van der Waals surface area contributed by atoms with Crippen LogP contribution in [-0.4, -0.2) is 23.1 Å². The van der Waals surface area contributed by atoms with Gasteiger partial charge in [-0.15, -0.1) is 11.3 Å². The Kier molecular flexibility index (Phi) is 4.04. The molecule has 0 saturated carbocycles. The Labute approximate surface area is 118 Å². The lowest BCUT2D eigenvalue weighted by Crippen LogP contribution is -2.32. The average Bonchev–Trinajstić information content (AvgIpc) is 2.85. The maximum absolute atomic E-state index is 5.92. The Bertz CT molecular complexity index is 551. The lowest BCUT2D eigenvalue weighted by molar-refractivity contribution is 0.676. The Morgan fingerprint density at radius 3 is 2.74 bits per heavy atom. The van der Waals surface area contributed by atoms with Crippen molar-refractivity contribution in [3.63, 3.8) is 0 Å². The second-order valence-corrected chi connectivity index (χ2v) is 5.88. The first-order chi connectivity index (χ1) is 8.99. The van der Waals surface area contributed by atoms with E-state index in [4.69, 9.17) is 5.73 Å². The van der Waals surface area contributed by atoms with Gasteiger partial charge >= 0.3 is 0 Å². The third-order valence-electron chi connectivity index (χ3n) is 3.34. The van der Waals surface area contributed by atoms with E-state index in [1.54, 1.807) is 11.3 Å². The summed E-state index contributed by atoms with van der Waals surface area (Å²) in [5.74, 6) is 2.21. The number of thiophene rings is 1. The molecular formula is C14H20N4S. The van der Waals surface area contributed by atoms with Crippen molar-refractivity contribution in [3.8, 4) is 0 Å². The van der Waals surface area contributed by atoms with E-state index in [0.717, 1.165) is 17.8 Å². The molecule has 0 aromatic carbocycles. The van der Waals surface area contributed by atoms with Crippen LogP contribution in [0.3, 0.4) is 0 Å². The van der Waals surface area contributed by atoms with Crippen LogP contribution in [0.2, 0.25) is 0 Å². The second kappa shape index (κ2) is 5.57. The van der Waals surface area contributed by atoms with Crippen molar-refractivity contribution in [1.82, 2.24) is 9.97 Å². The number of anilines is 2.